The van der Waals surface area contributed by atoms with Crippen molar-refractivity contribution in [2.45, 2.75) is 0 Å². The second kappa shape index (κ2) is 7.82. The molecule has 27 heavy (non-hydrogen) atoms. The van der Waals surface area contributed by atoms with Crippen LogP contribution in [0.2, 0.25) is 0 Å². The van der Waals surface area contributed by atoms with E-state index >= 15 is 0 Å². The zero-order chi connectivity index (χ0) is 19.4. The molecule has 3 aromatic rings. The quantitative estimate of drug-likeness (QED) is 0.670. The molecule has 1 aromatic heterocycles. The van der Waals surface area contributed by atoms with Crippen LogP contribution in [0.5, 0.6) is 17.2 Å². The first-order valence-electron chi connectivity index (χ1n) is 8.16. The van der Waals surface area contributed by atoms with Crippen LogP contribution in [0.4, 0.5) is 0 Å². The number of fused-ring (bicyclic) bond motifs is 1. The van der Waals surface area contributed by atoms with Crippen LogP contribution in [0.3, 0.4) is 0 Å². The van der Waals surface area contributed by atoms with Crippen LogP contribution in [0.1, 0.15) is 21.7 Å². The minimum Gasteiger partial charge on any atom is -0.493 e. The largest absolute Gasteiger partial charge is 0.493 e. The summed E-state index contributed by atoms with van der Waals surface area (Å²) >= 11 is 0. The summed E-state index contributed by atoms with van der Waals surface area (Å²) in [5.74, 6) is 1.84. The van der Waals surface area contributed by atoms with Gasteiger partial charge in [-0.1, -0.05) is 12.1 Å². The summed E-state index contributed by atoms with van der Waals surface area (Å²) in [6.45, 7) is 0. The molecule has 0 aliphatic heterocycles. The van der Waals surface area contributed by atoms with Crippen LogP contribution >= 0.6 is 0 Å². The lowest BCUT2D eigenvalue weighted by Crippen LogP contribution is -2.01. The van der Waals surface area contributed by atoms with Crippen molar-refractivity contribution in [3.05, 3.63) is 47.3 Å². The summed E-state index contributed by atoms with van der Waals surface area (Å²) in [4.78, 5) is 19.5. The Bertz CT molecular complexity index is 982. The van der Waals surface area contributed by atoms with Crippen LogP contribution in [0.15, 0.2) is 30.3 Å². The fraction of sp³-hybridized carbons (Fsp3) is 0.200. The summed E-state index contributed by atoms with van der Waals surface area (Å²) in [7, 11) is 6.04. The summed E-state index contributed by atoms with van der Waals surface area (Å²) in [5, 5.41) is 0. The Morgan fingerprint density at radius 2 is 1.70 bits per heavy atom. The fourth-order valence-electron chi connectivity index (χ4n) is 2.78. The Labute approximate surface area is 156 Å². The molecule has 2 aromatic carbocycles. The van der Waals surface area contributed by atoms with E-state index in [9.17, 15) is 4.79 Å². The normalized spacial score (nSPS) is 11.0. The Balaban J connectivity index is 1.98. The third kappa shape index (κ3) is 3.57. The van der Waals surface area contributed by atoms with Gasteiger partial charge in [-0.25, -0.2) is 9.78 Å². The number of aromatic nitrogens is 2. The van der Waals surface area contributed by atoms with Gasteiger partial charge in [-0.15, -0.1) is 0 Å². The topological polar surface area (TPSA) is 82.7 Å². The maximum atomic E-state index is 11.9. The number of H-pyrrole nitrogens is 1. The third-order valence-corrected chi connectivity index (χ3v) is 4.06. The number of para-hydroxylation sites is 1. The monoisotopic (exact) mass is 368 g/mol. The van der Waals surface area contributed by atoms with Crippen LogP contribution in [0, 0.1) is 0 Å². The highest BCUT2D eigenvalue weighted by Crippen LogP contribution is 2.38. The zero-order valence-corrected chi connectivity index (χ0v) is 15.5. The first-order valence-corrected chi connectivity index (χ1v) is 8.16. The highest BCUT2D eigenvalue weighted by Gasteiger charge is 2.14. The highest BCUT2D eigenvalue weighted by molar-refractivity contribution is 6.02. The van der Waals surface area contributed by atoms with Gasteiger partial charge < -0.3 is 23.9 Å². The molecule has 0 atom stereocenters. The van der Waals surface area contributed by atoms with Crippen LogP contribution in [-0.4, -0.2) is 44.4 Å². The summed E-state index contributed by atoms with van der Waals surface area (Å²) in [6.07, 6.45) is 3.67. The van der Waals surface area contributed by atoms with E-state index in [4.69, 9.17) is 18.9 Å². The van der Waals surface area contributed by atoms with E-state index in [2.05, 4.69) is 9.97 Å². The molecule has 7 nitrogen and oxygen atoms in total. The van der Waals surface area contributed by atoms with E-state index in [1.54, 1.807) is 33.5 Å². The Kier molecular flexibility index (Phi) is 5.30. The second-order valence-corrected chi connectivity index (χ2v) is 5.61. The Morgan fingerprint density at radius 1 is 1.00 bits per heavy atom. The number of aromatic amines is 1. The van der Waals surface area contributed by atoms with Gasteiger partial charge in [0.2, 0.25) is 5.75 Å². The number of benzene rings is 2. The molecule has 0 aliphatic carbocycles. The number of imidazole rings is 1. The number of nitrogens with zero attached hydrogens (tertiary/aromatic N) is 1. The van der Waals surface area contributed by atoms with E-state index in [1.807, 2.05) is 30.4 Å². The number of nitrogens with one attached hydrogen (secondary N) is 1. The van der Waals surface area contributed by atoms with E-state index in [0.29, 0.717) is 34.2 Å². The summed E-state index contributed by atoms with van der Waals surface area (Å²) < 4.78 is 20.9. The van der Waals surface area contributed by atoms with Crippen molar-refractivity contribution >= 4 is 29.2 Å². The molecule has 0 saturated heterocycles. The number of esters is 1. The molecule has 0 saturated carbocycles. The molecule has 1 heterocycles. The molecule has 0 amide bonds. The van der Waals surface area contributed by atoms with Gasteiger partial charge in [0, 0.05) is 0 Å². The van der Waals surface area contributed by atoms with Gasteiger partial charge in [0.1, 0.15) is 11.3 Å². The van der Waals surface area contributed by atoms with Crippen molar-refractivity contribution in [1.29, 1.82) is 0 Å². The molecule has 140 valence electrons. The number of carbonyl (C=O) groups excluding carboxylic acids is 1. The number of hydrogen-bond acceptors (Lipinski definition) is 6. The van der Waals surface area contributed by atoms with Gasteiger partial charge in [0.25, 0.3) is 0 Å². The average molecular weight is 368 g/mol. The highest BCUT2D eigenvalue weighted by atomic mass is 16.5. The van der Waals surface area contributed by atoms with Crippen LogP contribution in [-0.2, 0) is 4.74 Å². The number of carbonyl (C=O) groups is 1. The molecular weight excluding hydrogens is 348 g/mol. The average Bonchev–Trinajstić information content (AvgIpc) is 3.13. The van der Waals surface area contributed by atoms with Crippen molar-refractivity contribution in [3.8, 4) is 17.2 Å². The molecule has 0 radical (unpaired) electrons. The molecule has 0 bridgehead atoms. The van der Waals surface area contributed by atoms with Gasteiger partial charge in [0.15, 0.2) is 11.5 Å². The number of hydrogen-bond donors (Lipinski definition) is 1. The molecule has 3 rings (SSSR count). The Morgan fingerprint density at radius 3 is 2.30 bits per heavy atom. The second-order valence-electron chi connectivity index (χ2n) is 5.61. The van der Waals surface area contributed by atoms with Gasteiger partial charge in [-0.3, -0.25) is 0 Å². The van der Waals surface area contributed by atoms with E-state index in [1.165, 1.54) is 7.11 Å². The first-order chi connectivity index (χ1) is 13.1. The van der Waals surface area contributed by atoms with Crippen LogP contribution < -0.4 is 14.2 Å². The van der Waals surface area contributed by atoms with Gasteiger partial charge >= 0.3 is 5.97 Å². The number of rotatable bonds is 6. The molecule has 0 aliphatic rings. The minimum atomic E-state index is -0.424. The standard InChI is InChI=1S/C20H20N2O5/c1-24-15-10-12(11-16(25-2)19(15)26-3)8-9-17-21-14-7-5-6-13(18(14)22-17)20(23)27-4/h5-11H,1-4H3,(H,21,22). The molecule has 7 heteroatoms. The van der Waals surface area contributed by atoms with Crippen molar-refractivity contribution < 1.29 is 23.7 Å². The van der Waals surface area contributed by atoms with Gasteiger partial charge in [0.05, 0.1) is 39.5 Å². The van der Waals surface area contributed by atoms with Crippen molar-refractivity contribution in [3.63, 3.8) is 0 Å². The molecule has 0 spiro atoms. The van der Waals surface area contributed by atoms with Crippen molar-refractivity contribution in [2.75, 3.05) is 28.4 Å². The van der Waals surface area contributed by atoms with Crippen molar-refractivity contribution in [1.82, 2.24) is 9.97 Å². The zero-order valence-electron chi connectivity index (χ0n) is 15.5. The SMILES string of the molecule is COC(=O)c1cccc2[nH]c(C=Cc3cc(OC)c(OC)c(OC)c3)nc12. The van der Waals surface area contributed by atoms with Gasteiger partial charge in [-0.2, -0.15) is 0 Å². The van der Waals surface area contributed by atoms with E-state index in [0.717, 1.165) is 11.1 Å². The van der Waals surface area contributed by atoms with Crippen LogP contribution in [0.25, 0.3) is 23.2 Å². The van der Waals surface area contributed by atoms with Gasteiger partial charge in [-0.05, 0) is 35.9 Å². The van der Waals surface area contributed by atoms with E-state index in [-0.39, 0.29) is 0 Å². The van der Waals surface area contributed by atoms with Crippen molar-refractivity contribution in [2.24, 2.45) is 0 Å². The summed E-state index contributed by atoms with van der Waals surface area (Å²) in [5.41, 5.74) is 2.58. The minimum absolute atomic E-state index is 0.415. The molecular formula is C20H20N2O5. The molecule has 0 unspecified atom stereocenters. The number of methoxy groups -OCH3 is 4. The Hall–Kier alpha value is -3.48. The fourth-order valence-corrected chi connectivity index (χ4v) is 2.78. The van der Waals surface area contributed by atoms with E-state index < -0.39 is 5.97 Å². The lowest BCUT2D eigenvalue weighted by Gasteiger charge is -2.12. The third-order valence-electron chi connectivity index (χ3n) is 4.06. The molecule has 1 N–H and O–H groups in total. The predicted molar refractivity (Wildman–Crippen MR) is 102 cm³/mol. The maximum absolute atomic E-state index is 11.9. The summed E-state index contributed by atoms with van der Waals surface area (Å²) in [6, 6.07) is 8.98. The predicted octanol–water partition coefficient (Wildman–Crippen LogP) is 3.55. The maximum Gasteiger partial charge on any atom is 0.340 e. The lowest BCUT2D eigenvalue weighted by molar-refractivity contribution is 0.0603. The first kappa shape index (κ1) is 18.3. The lowest BCUT2D eigenvalue weighted by atomic mass is 10.1. The smallest absolute Gasteiger partial charge is 0.340 e. The number of ether oxygens (including phenoxy) is 4. The molecule has 0 fully saturated rings.